The molecule has 0 saturated heterocycles. The summed E-state index contributed by atoms with van der Waals surface area (Å²) in [4.78, 5) is 9.65. The van der Waals surface area contributed by atoms with E-state index < -0.39 is 0 Å². The van der Waals surface area contributed by atoms with Crippen LogP contribution in [-0.4, -0.2) is 10.1 Å². The molecular weight excluding hydrogens is 179 g/mol. The lowest BCUT2D eigenvalue weighted by Crippen LogP contribution is -1.98. The first kappa shape index (κ1) is 10.4. The first-order valence-corrected chi connectivity index (χ1v) is 2.77. The summed E-state index contributed by atoms with van der Waals surface area (Å²) >= 11 is 7.88. The maximum Gasteiger partial charge on any atom is 0.235 e. The van der Waals surface area contributed by atoms with Crippen molar-refractivity contribution in [3.8, 4) is 0 Å². The third-order valence-electron chi connectivity index (χ3n) is 0.313. The van der Waals surface area contributed by atoms with Crippen molar-refractivity contribution in [2.24, 2.45) is 0 Å². The van der Waals surface area contributed by atoms with E-state index in [2.05, 4.69) is 15.9 Å². The number of rotatable bonds is 1. The Balaban J connectivity index is 0. The fraction of sp³-hybridized carbons (Fsp3) is 0.750. The number of alkyl halides is 1. The smallest absolute Gasteiger partial charge is 0.235 e. The summed E-state index contributed by atoms with van der Waals surface area (Å²) in [5, 5.41) is -0.352. The second-order valence-electron chi connectivity index (χ2n) is 0.920. The molecule has 1 unspecified atom stereocenters. The van der Waals surface area contributed by atoms with Gasteiger partial charge in [0.05, 0.1) is 4.83 Å². The molecule has 44 valence electrons. The zero-order valence-corrected chi connectivity index (χ0v) is 5.58. The molecule has 0 aliphatic carbocycles. The number of carbonyl (C=O) groups excluding carboxylic acids is 1. The van der Waals surface area contributed by atoms with Gasteiger partial charge in [-0.1, -0.05) is 23.4 Å². The zero-order chi connectivity index (χ0) is 5.15. The van der Waals surface area contributed by atoms with Crippen LogP contribution in [0.25, 0.3) is 0 Å². The molecule has 0 aromatic carbocycles. The average molecular weight is 187 g/mol. The van der Waals surface area contributed by atoms with Crippen molar-refractivity contribution in [2.45, 2.75) is 19.2 Å². The maximum absolute atomic E-state index is 9.86. The van der Waals surface area contributed by atoms with Gasteiger partial charge in [0.1, 0.15) is 0 Å². The van der Waals surface area contributed by atoms with Crippen LogP contribution in [0.3, 0.4) is 0 Å². The van der Waals surface area contributed by atoms with Crippen molar-refractivity contribution in [1.29, 1.82) is 0 Å². The monoisotopic (exact) mass is 186 g/mol. The van der Waals surface area contributed by atoms with Crippen LogP contribution in [0, 0.1) is 0 Å². The van der Waals surface area contributed by atoms with Gasteiger partial charge in [-0.25, -0.2) is 0 Å². The highest BCUT2D eigenvalue weighted by Crippen LogP contribution is 2.00. The van der Waals surface area contributed by atoms with Crippen molar-refractivity contribution >= 4 is 32.8 Å². The molecule has 0 amide bonds. The molecule has 0 bridgehead atoms. The third-order valence-corrected chi connectivity index (χ3v) is 1.32. The summed E-state index contributed by atoms with van der Waals surface area (Å²) in [5.74, 6) is 0. The summed E-state index contributed by atoms with van der Waals surface area (Å²) in [6.45, 7) is 1.68. The molecule has 0 N–H and O–H groups in total. The largest absolute Gasteiger partial charge is 0.280 e. The van der Waals surface area contributed by atoms with Gasteiger partial charge < -0.3 is 0 Å². The molecule has 0 aliphatic rings. The fourth-order valence-electron chi connectivity index (χ4n) is 0. The van der Waals surface area contributed by atoms with E-state index >= 15 is 0 Å². The van der Waals surface area contributed by atoms with E-state index in [9.17, 15) is 4.79 Å². The molecule has 0 saturated carbocycles. The molecule has 3 heteroatoms. The molecule has 0 fully saturated rings. The molecule has 0 aliphatic heterocycles. The Bertz CT molecular complexity index is 62.7. The van der Waals surface area contributed by atoms with E-state index in [1.807, 2.05) is 0 Å². The zero-order valence-electron chi connectivity index (χ0n) is 3.24. The van der Waals surface area contributed by atoms with Crippen molar-refractivity contribution in [2.75, 3.05) is 0 Å². The second kappa shape index (κ2) is 4.60. The molecule has 1 nitrogen and oxygen atoms in total. The highest BCUT2D eigenvalue weighted by Gasteiger charge is 2.00. The minimum atomic E-state index is -0.352. The molecule has 0 radical (unpaired) electrons. The standard InChI is InChI=1S/C3H4BrClO.CH4/c1-2(4)3(5)6;/h2H,1H3;1H4. The van der Waals surface area contributed by atoms with Gasteiger partial charge in [-0.15, -0.1) is 0 Å². The summed E-state index contributed by atoms with van der Waals surface area (Å²) in [5.41, 5.74) is 0. The fourth-order valence-corrected chi connectivity index (χ4v) is 0. The summed E-state index contributed by atoms with van der Waals surface area (Å²) in [6.07, 6.45) is 0. The first-order valence-electron chi connectivity index (χ1n) is 1.48. The van der Waals surface area contributed by atoms with Crippen molar-refractivity contribution in [1.82, 2.24) is 0 Å². The van der Waals surface area contributed by atoms with Crippen LogP contribution < -0.4 is 0 Å². The lowest BCUT2D eigenvalue weighted by atomic mass is 10.6. The number of hydrogen-bond donors (Lipinski definition) is 0. The molecule has 0 rings (SSSR count). The Labute approximate surface area is 57.2 Å². The van der Waals surface area contributed by atoms with Gasteiger partial charge in [0.15, 0.2) is 0 Å². The summed E-state index contributed by atoms with van der Waals surface area (Å²) < 4.78 is 0. The van der Waals surface area contributed by atoms with Crippen molar-refractivity contribution < 1.29 is 4.79 Å². The molecule has 0 aromatic rings. The normalized spacial score (nSPS) is 11.9. The van der Waals surface area contributed by atoms with Gasteiger partial charge in [-0.2, -0.15) is 0 Å². The summed E-state index contributed by atoms with van der Waals surface area (Å²) in [6, 6.07) is 0. The van der Waals surface area contributed by atoms with Crippen LogP contribution in [-0.2, 0) is 4.79 Å². The molecule has 0 heterocycles. The highest BCUT2D eigenvalue weighted by molar-refractivity contribution is 9.10. The lowest BCUT2D eigenvalue weighted by molar-refractivity contribution is -0.110. The van der Waals surface area contributed by atoms with Gasteiger partial charge in [0.25, 0.3) is 0 Å². The van der Waals surface area contributed by atoms with E-state index in [0.717, 1.165) is 0 Å². The van der Waals surface area contributed by atoms with Crippen LogP contribution in [0.2, 0.25) is 0 Å². The van der Waals surface area contributed by atoms with Crippen LogP contribution in [0.5, 0.6) is 0 Å². The Kier molecular flexibility index (Phi) is 6.84. The quantitative estimate of drug-likeness (QED) is 0.454. The SMILES string of the molecule is C.CC(Br)C(=O)Cl. The van der Waals surface area contributed by atoms with E-state index in [1.165, 1.54) is 0 Å². The van der Waals surface area contributed by atoms with E-state index in [1.54, 1.807) is 6.92 Å². The van der Waals surface area contributed by atoms with E-state index in [0.29, 0.717) is 0 Å². The highest BCUT2D eigenvalue weighted by atomic mass is 79.9. The Morgan fingerprint density at radius 2 is 2.00 bits per heavy atom. The van der Waals surface area contributed by atoms with Gasteiger partial charge in [0, 0.05) is 0 Å². The number of hydrogen-bond acceptors (Lipinski definition) is 1. The molecule has 1 atom stereocenters. The summed E-state index contributed by atoms with van der Waals surface area (Å²) in [7, 11) is 0. The molecule has 7 heavy (non-hydrogen) atoms. The van der Waals surface area contributed by atoms with Crippen LogP contribution >= 0.6 is 27.5 Å². The Morgan fingerprint density at radius 3 is 2.00 bits per heavy atom. The Morgan fingerprint density at radius 1 is 1.86 bits per heavy atom. The van der Waals surface area contributed by atoms with Crippen LogP contribution in [0.4, 0.5) is 0 Å². The Hall–Kier alpha value is 0.440. The molecule has 0 aromatic heterocycles. The van der Waals surface area contributed by atoms with Crippen LogP contribution in [0.15, 0.2) is 0 Å². The lowest BCUT2D eigenvalue weighted by Gasteiger charge is -1.85. The minimum Gasteiger partial charge on any atom is -0.280 e. The third kappa shape index (κ3) is 6.44. The first-order chi connectivity index (χ1) is 2.64. The predicted octanol–water partition coefficient (Wildman–Crippen LogP) is 2.17. The predicted molar refractivity (Wildman–Crippen MR) is 36.0 cm³/mol. The molecular formula is C4H8BrClO. The van der Waals surface area contributed by atoms with Gasteiger partial charge in [-0.05, 0) is 18.5 Å². The van der Waals surface area contributed by atoms with E-state index in [-0.39, 0.29) is 17.5 Å². The van der Waals surface area contributed by atoms with Crippen LogP contribution in [0.1, 0.15) is 14.4 Å². The number of carbonyl (C=O) groups is 1. The van der Waals surface area contributed by atoms with Crippen molar-refractivity contribution in [3.05, 3.63) is 0 Å². The second-order valence-corrected chi connectivity index (χ2v) is 2.67. The molecule has 0 spiro atoms. The van der Waals surface area contributed by atoms with Gasteiger partial charge >= 0.3 is 0 Å². The van der Waals surface area contributed by atoms with Gasteiger partial charge in [0.2, 0.25) is 5.24 Å². The van der Waals surface area contributed by atoms with Gasteiger partial charge in [-0.3, -0.25) is 4.79 Å². The van der Waals surface area contributed by atoms with Crippen molar-refractivity contribution in [3.63, 3.8) is 0 Å². The minimum absolute atomic E-state index is 0. The number of halogens is 2. The van der Waals surface area contributed by atoms with E-state index in [4.69, 9.17) is 11.6 Å². The topological polar surface area (TPSA) is 17.1 Å². The average Bonchev–Trinajstić information content (AvgIpc) is 1.36. The maximum atomic E-state index is 9.86.